The Bertz CT molecular complexity index is 393. The lowest BCUT2D eigenvalue weighted by Gasteiger charge is -2.12. The molecule has 0 aromatic heterocycles. The standard InChI is InChI=1S/C12H16ClNO3/c1-8(2)14-12(16)7-17-11-5-3-4-10(13)9(11)6-15/h3-5,8,15H,6-7H2,1-2H3,(H,14,16). The van der Waals surface area contributed by atoms with Crippen molar-refractivity contribution in [3.05, 3.63) is 28.8 Å². The summed E-state index contributed by atoms with van der Waals surface area (Å²) in [5, 5.41) is 12.3. The fraction of sp³-hybridized carbons (Fsp3) is 0.417. The fourth-order valence-corrected chi connectivity index (χ4v) is 1.56. The van der Waals surface area contributed by atoms with Gasteiger partial charge in [-0.25, -0.2) is 0 Å². The zero-order valence-corrected chi connectivity index (χ0v) is 10.6. The van der Waals surface area contributed by atoms with Crippen molar-refractivity contribution in [3.8, 4) is 5.75 Å². The first-order valence-corrected chi connectivity index (χ1v) is 5.72. The summed E-state index contributed by atoms with van der Waals surface area (Å²) in [5.41, 5.74) is 0.492. The van der Waals surface area contributed by atoms with Crippen LogP contribution in [0.2, 0.25) is 5.02 Å². The first-order valence-electron chi connectivity index (χ1n) is 5.35. The highest BCUT2D eigenvalue weighted by Gasteiger charge is 2.09. The molecule has 0 radical (unpaired) electrons. The van der Waals surface area contributed by atoms with Gasteiger partial charge in [0.25, 0.3) is 5.91 Å². The number of aliphatic hydroxyl groups is 1. The molecule has 0 bridgehead atoms. The zero-order valence-electron chi connectivity index (χ0n) is 9.87. The van der Waals surface area contributed by atoms with E-state index in [2.05, 4.69) is 5.32 Å². The molecule has 0 heterocycles. The summed E-state index contributed by atoms with van der Waals surface area (Å²) in [6.45, 7) is 3.43. The van der Waals surface area contributed by atoms with Crippen LogP contribution in [0.15, 0.2) is 18.2 Å². The number of amides is 1. The first kappa shape index (κ1) is 13.8. The van der Waals surface area contributed by atoms with Crippen LogP contribution in [-0.2, 0) is 11.4 Å². The van der Waals surface area contributed by atoms with Crippen LogP contribution in [0.5, 0.6) is 5.75 Å². The third-order valence-electron chi connectivity index (χ3n) is 2.04. The highest BCUT2D eigenvalue weighted by atomic mass is 35.5. The third-order valence-corrected chi connectivity index (χ3v) is 2.40. The number of hydrogen-bond donors (Lipinski definition) is 2. The molecular formula is C12H16ClNO3. The molecule has 0 fully saturated rings. The molecule has 2 N–H and O–H groups in total. The second-order valence-electron chi connectivity index (χ2n) is 3.89. The largest absolute Gasteiger partial charge is 0.483 e. The smallest absolute Gasteiger partial charge is 0.258 e. The Morgan fingerprint density at radius 2 is 2.24 bits per heavy atom. The number of ether oxygens (including phenoxy) is 1. The molecule has 1 rings (SSSR count). The SMILES string of the molecule is CC(C)NC(=O)COc1cccc(Cl)c1CO. The van der Waals surface area contributed by atoms with Gasteiger partial charge in [0.15, 0.2) is 6.61 Å². The van der Waals surface area contributed by atoms with Crippen LogP contribution >= 0.6 is 11.6 Å². The number of aliphatic hydroxyl groups excluding tert-OH is 1. The predicted octanol–water partition coefficient (Wildman–Crippen LogP) is 1.74. The Hall–Kier alpha value is -1.26. The maximum atomic E-state index is 11.4. The minimum Gasteiger partial charge on any atom is -0.483 e. The van der Waals surface area contributed by atoms with Crippen LogP contribution in [-0.4, -0.2) is 23.7 Å². The number of benzene rings is 1. The van der Waals surface area contributed by atoms with Crippen LogP contribution in [0.1, 0.15) is 19.4 Å². The summed E-state index contributed by atoms with van der Waals surface area (Å²) >= 11 is 5.89. The molecular weight excluding hydrogens is 242 g/mol. The van der Waals surface area contributed by atoms with Gasteiger partial charge in [-0.05, 0) is 26.0 Å². The molecule has 1 aromatic rings. The van der Waals surface area contributed by atoms with Gasteiger partial charge in [0.2, 0.25) is 0 Å². The molecule has 0 aliphatic heterocycles. The summed E-state index contributed by atoms with van der Waals surface area (Å²) in [6, 6.07) is 5.11. The molecule has 0 atom stereocenters. The summed E-state index contributed by atoms with van der Waals surface area (Å²) in [6.07, 6.45) is 0. The predicted molar refractivity (Wildman–Crippen MR) is 66.1 cm³/mol. The Kier molecular flexibility index (Phi) is 5.25. The van der Waals surface area contributed by atoms with E-state index in [9.17, 15) is 4.79 Å². The van der Waals surface area contributed by atoms with Crippen molar-refractivity contribution >= 4 is 17.5 Å². The normalized spacial score (nSPS) is 10.4. The molecule has 0 saturated carbocycles. The molecule has 4 nitrogen and oxygen atoms in total. The van der Waals surface area contributed by atoms with Gasteiger partial charge in [-0.2, -0.15) is 0 Å². The molecule has 17 heavy (non-hydrogen) atoms. The molecule has 1 aromatic carbocycles. The lowest BCUT2D eigenvalue weighted by molar-refractivity contribution is -0.123. The van der Waals surface area contributed by atoms with Crippen LogP contribution in [0.3, 0.4) is 0 Å². The van der Waals surface area contributed by atoms with Gasteiger partial charge in [-0.1, -0.05) is 17.7 Å². The van der Waals surface area contributed by atoms with Crippen molar-refractivity contribution < 1.29 is 14.6 Å². The molecule has 0 saturated heterocycles. The van der Waals surface area contributed by atoms with E-state index in [1.54, 1.807) is 18.2 Å². The van der Waals surface area contributed by atoms with Gasteiger partial charge in [-0.3, -0.25) is 4.79 Å². The Morgan fingerprint density at radius 1 is 1.53 bits per heavy atom. The van der Waals surface area contributed by atoms with E-state index in [1.807, 2.05) is 13.8 Å². The Labute approximate surface area is 106 Å². The molecule has 1 amide bonds. The Morgan fingerprint density at radius 3 is 2.82 bits per heavy atom. The van der Waals surface area contributed by atoms with E-state index in [1.165, 1.54) is 0 Å². The monoisotopic (exact) mass is 257 g/mol. The zero-order chi connectivity index (χ0) is 12.8. The second-order valence-corrected chi connectivity index (χ2v) is 4.29. The van der Waals surface area contributed by atoms with Gasteiger partial charge < -0.3 is 15.2 Å². The number of carbonyl (C=O) groups is 1. The van der Waals surface area contributed by atoms with Crippen LogP contribution in [0, 0.1) is 0 Å². The maximum Gasteiger partial charge on any atom is 0.258 e. The van der Waals surface area contributed by atoms with Gasteiger partial charge in [0, 0.05) is 16.6 Å². The first-order chi connectivity index (χ1) is 8.04. The van der Waals surface area contributed by atoms with Crippen molar-refractivity contribution in [2.24, 2.45) is 0 Å². The topological polar surface area (TPSA) is 58.6 Å². The lowest BCUT2D eigenvalue weighted by atomic mass is 10.2. The summed E-state index contributed by atoms with van der Waals surface area (Å²) in [7, 11) is 0. The van der Waals surface area contributed by atoms with Crippen LogP contribution in [0.4, 0.5) is 0 Å². The molecule has 0 spiro atoms. The molecule has 94 valence electrons. The third kappa shape index (κ3) is 4.24. The van der Waals surface area contributed by atoms with Gasteiger partial charge >= 0.3 is 0 Å². The number of halogens is 1. The molecule has 5 heteroatoms. The summed E-state index contributed by atoms with van der Waals surface area (Å²) < 4.78 is 5.32. The van der Waals surface area contributed by atoms with Crippen molar-refractivity contribution in [1.29, 1.82) is 0 Å². The number of hydrogen-bond acceptors (Lipinski definition) is 3. The van der Waals surface area contributed by atoms with E-state index in [4.69, 9.17) is 21.4 Å². The average molecular weight is 258 g/mol. The van der Waals surface area contributed by atoms with Crippen molar-refractivity contribution in [2.45, 2.75) is 26.5 Å². The van der Waals surface area contributed by atoms with E-state index in [0.717, 1.165) is 0 Å². The molecule has 0 unspecified atom stereocenters. The van der Waals surface area contributed by atoms with E-state index in [0.29, 0.717) is 16.3 Å². The minimum absolute atomic E-state index is 0.0720. The number of nitrogens with one attached hydrogen (secondary N) is 1. The van der Waals surface area contributed by atoms with E-state index in [-0.39, 0.29) is 25.2 Å². The lowest BCUT2D eigenvalue weighted by Crippen LogP contribution is -2.34. The number of carbonyl (C=O) groups excluding carboxylic acids is 1. The highest BCUT2D eigenvalue weighted by Crippen LogP contribution is 2.26. The Balaban J connectivity index is 2.63. The van der Waals surface area contributed by atoms with Crippen LogP contribution < -0.4 is 10.1 Å². The molecule has 0 aliphatic rings. The minimum atomic E-state index is -0.221. The van der Waals surface area contributed by atoms with Crippen molar-refractivity contribution in [2.75, 3.05) is 6.61 Å². The fourth-order valence-electron chi connectivity index (χ4n) is 1.33. The van der Waals surface area contributed by atoms with Gasteiger partial charge in [0.1, 0.15) is 5.75 Å². The number of rotatable bonds is 5. The quantitative estimate of drug-likeness (QED) is 0.845. The van der Waals surface area contributed by atoms with Crippen LogP contribution in [0.25, 0.3) is 0 Å². The van der Waals surface area contributed by atoms with E-state index < -0.39 is 0 Å². The van der Waals surface area contributed by atoms with E-state index >= 15 is 0 Å². The second kappa shape index (κ2) is 6.47. The van der Waals surface area contributed by atoms with Gasteiger partial charge in [-0.15, -0.1) is 0 Å². The highest BCUT2D eigenvalue weighted by molar-refractivity contribution is 6.31. The summed E-state index contributed by atoms with van der Waals surface area (Å²) in [4.78, 5) is 11.4. The maximum absolute atomic E-state index is 11.4. The van der Waals surface area contributed by atoms with Crippen molar-refractivity contribution in [1.82, 2.24) is 5.32 Å². The summed E-state index contributed by atoms with van der Waals surface area (Å²) in [5.74, 6) is 0.225. The van der Waals surface area contributed by atoms with Crippen molar-refractivity contribution in [3.63, 3.8) is 0 Å². The molecule has 0 aliphatic carbocycles. The average Bonchev–Trinajstić information content (AvgIpc) is 2.25. The van der Waals surface area contributed by atoms with Gasteiger partial charge in [0.05, 0.1) is 6.61 Å².